The van der Waals surface area contributed by atoms with E-state index in [1.54, 1.807) is 6.07 Å². The van der Waals surface area contributed by atoms with E-state index in [0.29, 0.717) is 25.3 Å². The number of unbranched alkanes of at least 4 members (excludes halogenated alkanes) is 5. The molecule has 0 saturated carbocycles. The third kappa shape index (κ3) is 8.84. The largest absolute Gasteiger partial charge is 0.493 e. The summed E-state index contributed by atoms with van der Waals surface area (Å²) in [6.45, 7) is 1.38. The number of ether oxygens (including phenoxy) is 1. The van der Waals surface area contributed by atoms with E-state index in [1.807, 2.05) is 18.2 Å². The summed E-state index contributed by atoms with van der Waals surface area (Å²) in [5.41, 5.74) is 1.39. The van der Waals surface area contributed by atoms with Gasteiger partial charge in [0.15, 0.2) is 0 Å². The first kappa shape index (κ1) is 23.2. The normalized spacial score (nSPS) is 11.8. The van der Waals surface area contributed by atoms with Gasteiger partial charge in [0.1, 0.15) is 0 Å². The van der Waals surface area contributed by atoms with Crippen molar-refractivity contribution in [1.29, 1.82) is 0 Å². The van der Waals surface area contributed by atoms with Crippen molar-refractivity contribution in [2.75, 3.05) is 19.0 Å². The van der Waals surface area contributed by atoms with Gasteiger partial charge in [-0.15, -0.1) is 0 Å². The molecule has 0 unspecified atom stereocenters. The molecule has 9 heteroatoms. The van der Waals surface area contributed by atoms with Gasteiger partial charge in [-0.25, -0.2) is 9.36 Å². The zero-order chi connectivity index (χ0) is 21.1. The Balaban J connectivity index is 1.54. The second kappa shape index (κ2) is 11.8. The number of aromatic nitrogens is 2. The van der Waals surface area contributed by atoms with Gasteiger partial charge >= 0.3 is 5.69 Å². The van der Waals surface area contributed by atoms with Crippen LogP contribution >= 0.6 is 0 Å². The second-order valence-corrected chi connectivity index (χ2v) is 8.65. The van der Waals surface area contributed by atoms with E-state index in [9.17, 15) is 18.3 Å². The zero-order valence-electron chi connectivity index (χ0n) is 16.5. The van der Waals surface area contributed by atoms with Gasteiger partial charge in [-0.3, -0.25) is 4.55 Å². The van der Waals surface area contributed by atoms with Crippen LogP contribution < -0.4 is 5.69 Å². The standard InChI is InChI=1S/C20H30N2O6S/c23-19-16-21-20(24)22(19)18-11-8-10-17(15-18)9-4-3-6-13-28-12-5-1-2-7-14-29(25,26)27/h8,10-11,15-16,23H,1-7,9,12-14H2,(H,21,24)(H,25,26,27). The summed E-state index contributed by atoms with van der Waals surface area (Å²) in [6, 6.07) is 7.59. The minimum atomic E-state index is -3.83. The molecule has 0 spiro atoms. The number of hydrogen-bond acceptors (Lipinski definition) is 5. The molecular weight excluding hydrogens is 396 g/mol. The molecule has 0 saturated heterocycles. The van der Waals surface area contributed by atoms with Gasteiger partial charge in [0, 0.05) is 13.2 Å². The minimum absolute atomic E-state index is 0.109. The summed E-state index contributed by atoms with van der Waals surface area (Å²) in [4.78, 5) is 14.2. The molecule has 0 bridgehead atoms. The van der Waals surface area contributed by atoms with Crippen molar-refractivity contribution in [3.63, 3.8) is 0 Å². The fourth-order valence-corrected chi connectivity index (χ4v) is 3.68. The molecule has 0 fully saturated rings. The van der Waals surface area contributed by atoms with E-state index in [0.717, 1.165) is 50.5 Å². The summed E-state index contributed by atoms with van der Waals surface area (Å²) in [5, 5.41) is 9.77. The smallest absolute Gasteiger partial charge is 0.333 e. The van der Waals surface area contributed by atoms with Gasteiger partial charge in [-0.2, -0.15) is 8.42 Å². The summed E-state index contributed by atoms with van der Waals surface area (Å²) in [7, 11) is -3.83. The van der Waals surface area contributed by atoms with Crippen LogP contribution in [0.25, 0.3) is 5.69 Å². The van der Waals surface area contributed by atoms with Crippen molar-refractivity contribution in [2.24, 2.45) is 0 Å². The highest BCUT2D eigenvalue weighted by Crippen LogP contribution is 2.16. The van der Waals surface area contributed by atoms with Crippen LogP contribution in [0.2, 0.25) is 0 Å². The van der Waals surface area contributed by atoms with Crippen LogP contribution in [0.4, 0.5) is 0 Å². The van der Waals surface area contributed by atoms with E-state index < -0.39 is 10.1 Å². The highest BCUT2D eigenvalue weighted by Gasteiger charge is 2.07. The van der Waals surface area contributed by atoms with Crippen molar-refractivity contribution in [1.82, 2.24) is 9.55 Å². The summed E-state index contributed by atoms with van der Waals surface area (Å²) in [6.07, 6.45) is 8.23. The SMILES string of the molecule is O=c1[nH]cc(O)n1-c1cccc(CCCCCOCCCCCCS(=O)(=O)O)c1. The molecular formula is C20H30N2O6S. The molecule has 0 aliphatic carbocycles. The number of hydrogen-bond donors (Lipinski definition) is 3. The fourth-order valence-electron chi connectivity index (χ4n) is 3.11. The Labute approximate surface area is 171 Å². The highest BCUT2D eigenvalue weighted by atomic mass is 32.2. The topological polar surface area (TPSA) is 122 Å². The first-order chi connectivity index (χ1) is 13.9. The Hall–Kier alpha value is -2.10. The molecule has 3 N–H and O–H groups in total. The van der Waals surface area contributed by atoms with Crippen molar-refractivity contribution >= 4 is 10.1 Å². The third-order valence-corrected chi connectivity index (χ3v) is 5.43. The van der Waals surface area contributed by atoms with Crippen molar-refractivity contribution in [3.05, 3.63) is 46.5 Å². The van der Waals surface area contributed by atoms with Crippen molar-refractivity contribution in [3.8, 4) is 11.6 Å². The molecule has 8 nitrogen and oxygen atoms in total. The molecule has 1 aromatic carbocycles. The molecule has 2 aromatic rings. The number of nitrogens with one attached hydrogen (secondary N) is 1. The van der Waals surface area contributed by atoms with Gasteiger partial charge in [0.2, 0.25) is 5.88 Å². The molecule has 0 aliphatic heterocycles. The number of aromatic amines is 1. The summed E-state index contributed by atoms with van der Waals surface area (Å²) < 4.78 is 36.6. The maximum absolute atomic E-state index is 11.7. The Morgan fingerprint density at radius 2 is 1.69 bits per heavy atom. The molecule has 1 heterocycles. The number of imidazole rings is 1. The van der Waals surface area contributed by atoms with Crippen LogP contribution in [0, 0.1) is 0 Å². The summed E-state index contributed by atoms with van der Waals surface area (Å²) in [5.74, 6) is -0.275. The first-order valence-electron chi connectivity index (χ1n) is 9.98. The lowest BCUT2D eigenvalue weighted by Gasteiger charge is -2.07. The van der Waals surface area contributed by atoms with Gasteiger partial charge in [-0.05, 0) is 49.8 Å². The highest BCUT2D eigenvalue weighted by molar-refractivity contribution is 7.85. The number of aryl methyl sites for hydroxylation is 1. The predicted molar refractivity (Wildman–Crippen MR) is 111 cm³/mol. The Bertz CT molecular complexity index is 904. The number of benzene rings is 1. The number of aromatic hydroxyl groups is 1. The number of nitrogens with zero attached hydrogens (tertiary/aromatic N) is 1. The second-order valence-electron chi connectivity index (χ2n) is 7.08. The van der Waals surface area contributed by atoms with Crippen molar-refractivity contribution < 1.29 is 22.8 Å². The number of H-pyrrole nitrogens is 1. The zero-order valence-corrected chi connectivity index (χ0v) is 17.4. The van der Waals surface area contributed by atoms with Gasteiger partial charge in [-0.1, -0.05) is 31.4 Å². The Kier molecular flexibility index (Phi) is 9.43. The Morgan fingerprint density at radius 1 is 1.00 bits per heavy atom. The fraction of sp³-hybridized carbons (Fsp3) is 0.550. The van der Waals surface area contributed by atoms with Crippen LogP contribution in [0.15, 0.2) is 35.3 Å². The molecule has 0 amide bonds. The average Bonchev–Trinajstić information content (AvgIpc) is 3.00. The van der Waals surface area contributed by atoms with E-state index in [4.69, 9.17) is 9.29 Å². The van der Waals surface area contributed by atoms with Crippen LogP contribution in [0.3, 0.4) is 0 Å². The summed E-state index contributed by atoms with van der Waals surface area (Å²) >= 11 is 0. The average molecular weight is 427 g/mol. The lowest BCUT2D eigenvalue weighted by atomic mass is 10.1. The predicted octanol–water partition coefficient (Wildman–Crippen LogP) is 3.05. The first-order valence-corrected chi connectivity index (χ1v) is 11.6. The molecule has 0 radical (unpaired) electrons. The van der Waals surface area contributed by atoms with Crippen LogP contribution in [0.1, 0.15) is 50.5 Å². The van der Waals surface area contributed by atoms with E-state index in [2.05, 4.69) is 4.98 Å². The number of rotatable bonds is 14. The third-order valence-electron chi connectivity index (χ3n) is 4.62. The minimum Gasteiger partial charge on any atom is -0.493 e. The van der Waals surface area contributed by atoms with E-state index in [-0.39, 0.29) is 17.3 Å². The van der Waals surface area contributed by atoms with Gasteiger partial charge < -0.3 is 14.8 Å². The van der Waals surface area contributed by atoms with E-state index >= 15 is 0 Å². The van der Waals surface area contributed by atoms with Gasteiger partial charge in [0.05, 0.1) is 17.6 Å². The molecule has 29 heavy (non-hydrogen) atoms. The lowest BCUT2D eigenvalue weighted by Crippen LogP contribution is -2.14. The van der Waals surface area contributed by atoms with Crippen LogP contribution in [0.5, 0.6) is 5.88 Å². The van der Waals surface area contributed by atoms with Crippen LogP contribution in [-0.4, -0.2) is 46.6 Å². The lowest BCUT2D eigenvalue weighted by molar-refractivity contribution is 0.126. The Morgan fingerprint density at radius 3 is 2.34 bits per heavy atom. The molecule has 0 aliphatic rings. The van der Waals surface area contributed by atoms with Gasteiger partial charge in [0.25, 0.3) is 10.1 Å². The molecule has 162 valence electrons. The van der Waals surface area contributed by atoms with E-state index in [1.165, 1.54) is 10.8 Å². The quantitative estimate of drug-likeness (QED) is 0.315. The maximum Gasteiger partial charge on any atom is 0.333 e. The monoisotopic (exact) mass is 426 g/mol. The maximum atomic E-state index is 11.7. The molecule has 0 atom stereocenters. The van der Waals surface area contributed by atoms with Crippen molar-refractivity contribution in [2.45, 2.75) is 51.4 Å². The molecule has 2 rings (SSSR count). The van der Waals surface area contributed by atoms with Crippen LogP contribution in [-0.2, 0) is 21.3 Å². The molecule has 1 aromatic heterocycles.